The zero-order chi connectivity index (χ0) is 28.8. The van der Waals surface area contributed by atoms with Crippen LogP contribution in [0.5, 0.6) is 11.5 Å². The van der Waals surface area contributed by atoms with Crippen LogP contribution >= 0.6 is 0 Å². The molecule has 0 bridgehead atoms. The van der Waals surface area contributed by atoms with Crippen LogP contribution in [0.15, 0.2) is 150 Å². The fourth-order valence-corrected chi connectivity index (χ4v) is 7.30. The van der Waals surface area contributed by atoms with Crippen LogP contribution in [0.1, 0.15) is 0 Å². The highest BCUT2D eigenvalue weighted by atomic mass is 16.5. The summed E-state index contributed by atoms with van der Waals surface area (Å²) < 4.78 is 12.9. The smallest absolute Gasteiger partial charge is 0.143 e. The van der Waals surface area contributed by atoms with Gasteiger partial charge in [-0.05, 0) is 79.7 Å². The molecule has 0 saturated heterocycles. The van der Waals surface area contributed by atoms with Gasteiger partial charge < -0.3 is 9.15 Å². The van der Waals surface area contributed by atoms with Gasteiger partial charge in [0.05, 0.1) is 0 Å². The number of fused-ring (bicyclic) bond motifs is 8. The molecule has 1 aromatic heterocycles. The van der Waals surface area contributed by atoms with Gasteiger partial charge in [-0.2, -0.15) is 0 Å². The molecule has 2 nitrogen and oxygen atoms in total. The second kappa shape index (κ2) is 8.82. The number of benzene rings is 8. The second-order valence-corrected chi connectivity index (χ2v) is 11.6. The van der Waals surface area contributed by atoms with E-state index in [1.54, 1.807) is 0 Å². The Hall–Kier alpha value is -5.86. The first-order valence-corrected chi connectivity index (χ1v) is 15.0. The van der Waals surface area contributed by atoms with Crippen LogP contribution in [0.4, 0.5) is 0 Å². The van der Waals surface area contributed by atoms with Gasteiger partial charge in [0.25, 0.3) is 0 Å². The van der Waals surface area contributed by atoms with Gasteiger partial charge in [-0.3, -0.25) is 0 Å². The molecular formula is C42H24O2. The lowest BCUT2D eigenvalue weighted by molar-refractivity contribution is 0.487. The molecule has 44 heavy (non-hydrogen) atoms. The molecule has 204 valence electrons. The fraction of sp³-hybridized carbons (Fsp3) is 0. The van der Waals surface area contributed by atoms with Crippen molar-refractivity contribution in [2.75, 3.05) is 0 Å². The van der Waals surface area contributed by atoms with E-state index in [0.29, 0.717) is 0 Å². The molecule has 0 fully saturated rings. The highest BCUT2D eigenvalue weighted by molar-refractivity contribution is 6.21. The third-order valence-corrected chi connectivity index (χ3v) is 9.27. The van der Waals surface area contributed by atoms with Gasteiger partial charge in [-0.1, -0.05) is 115 Å². The molecule has 0 aliphatic carbocycles. The molecule has 10 rings (SSSR count). The SMILES string of the molecule is c1cc2c3c(cccc3c1)-c1cc(-c3ccc(-c4cccc5oc6c7ccccc7ccc6c45)c4ccccc34)ccc1O2. The molecule has 1 aliphatic heterocycles. The van der Waals surface area contributed by atoms with Gasteiger partial charge in [0, 0.05) is 27.1 Å². The van der Waals surface area contributed by atoms with Crippen LogP contribution in [0.3, 0.4) is 0 Å². The van der Waals surface area contributed by atoms with Crippen molar-refractivity contribution in [1.82, 2.24) is 0 Å². The third kappa shape index (κ3) is 3.25. The van der Waals surface area contributed by atoms with Crippen molar-refractivity contribution in [3.05, 3.63) is 146 Å². The summed E-state index contributed by atoms with van der Waals surface area (Å²) in [4.78, 5) is 0. The summed E-state index contributed by atoms with van der Waals surface area (Å²) in [6.07, 6.45) is 0. The number of hydrogen-bond acceptors (Lipinski definition) is 2. The van der Waals surface area contributed by atoms with Crippen molar-refractivity contribution in [2.24, 2.45) is 0 Å². The number of hydrogen-bond donors (Lipinski definition) is 0. The van der Waals surface area contributed by atoms with E-state index in [4.69, 9.17) is 9.15 Å². The lowest BCUT2D eigenvalue weighted by Crippen LogP contribution is -1.97. The van der Waals surface area contributed by atoms with Crippen molar-refractivity contribution >= 4 is 54.3 Å². The van der Waals surface area contributed by atoms with E-state index in [1.807, 2.05) is 0 Å². The Morgan fingerprint density at radius 3 is 1.95 bits per heavy atom. The maximum Gasteiger partial charge on any atom is 0.143 e. The molecule has 0 radical (unpaired) electrons. The first-order chi connectivity index (χ1) is 21.8. The molecule has 0 spiro atoms. The van der Waals surface area contributed by atoms with Crippen LogP contribution in [-0.4, -0.2) is 0 Å². The fourth-order valence-electron chi connectivity index (χ4n) is 7.30. The Morgan fingerprint density at radius 1 is 0.364 bits per heavy atom. The Labute approximate surface area is 253 Å². The standard InChI is InChI=1S/C42H24O2/c1-2-11-29-25(8-1)18-20-35-41-33(15-7-17-39(41)44-42(29)35)32-22-21-28(30-12-3-4-13-31(30)32)27-19-23-37-36(24-27)34-14-5-9-26-10-6-16-38(43-37)40(26)34/h1-24H. The summed E-state index contributed by atoms with van der Waals surface area (Å²) in [6.45, 7) is 0. The van der Waals surface area contributed by atoms with Crippen molar-refractivity contribution in [3.63, 3.8) is 0 Å². The average molecular weight is 561 g/mol. The Bertz CT molecular complexity index is 2630. The van der Waals surface area contributed by atoms with Crippen LogP contribution in [0, 0.1) is 0 Å². The van der Waals surface area contributed by atoms with E-state index in [2.05, 4.69) is 146 Å². The van der Waals surface area contributed by atoms with Gasteiger partial charge in [-0.15, -0.1) is 0 Å². The molecule has 2 heterocycles. The van der Waals surface area contributed by atoms with E-state index in [9.17, 15) is 0 Å². The third-order valence-electron chi connectivity index (χ3n) is 9.27. The molecule has 2 heteroatoms. The molecule has 0 saturated carbocycles. The van der Waals surface area contributed by atoms with Crippen LogP contribution in [0.2, 0.25) is 0 Å². The predicted molar refractivity (Wildman–Crippen MR) is 183 cm³/mol. The largest absolute Gasteiger partial charge is 0.456 e. The highest BCUT2D eigenvalue weighted by Gasteiger charge is 2.21. The quantitative estimate of drug-likeness (QED) is 0.210. The van der Waals surface area contributed by atoms with Gasteiger partial charge in [-0.25, -0.2) is 0 Å². The zero-order valence-corrected chi connectivity index (χ0v) is 23.7. The lowest BCUT2D eigenvalue weighted by atomic mass is 9.88. The minimum atomic E-state index is 0.895. The van der Waals surface area contributed by atoms with Crippen molar-refractivity contribution in [3.8, 4) is 44.9 Å². The Kier molecular flexibility index (Phi) is 4.75. The van der Waals surface area contributed by atoms with Crippen LogP contribution < -0.4 is 4.74 Å². The van der Waals surface area contributed by atoms with Crippen molar-refractivity contribution in [1.29, 1.82) is 0 Å². The maximum absolute atomic E-state index is 6.52. The summed E-state index contributed by atoms with van der Waals surface area (Å²) in [5, 5.41) is 9.43. The van der Waals surface area contributed by atoms with Gasteiger partial charge >= 0.3 is 0 Å². The highest BCUT2D eigenvalue weighted by Crippen LogP contribution is 2.48. The van der Waals surface area contributed by atoms with Gasteiger partial charge in [0.1, 0.15) is 22.7 Å². The minimum absolute atomic E-state index is 0.895. The molecule has 0 unspecified atom stereocenters. The molecule has 1 aliphatic rings. The molecule has 0 amide bonds. The normalized spacial score (nSPS) is 12.3. The van der Waals surface area contributed by atoms with Crippen molar-refractivity contribution < 1.29 is 9.15 Å². The first-order valence-electron chi connectivity index (χ1n) is 15.0. The molecular weight excluding hydrogens is 536 g/mol. The van der Waals surface area contributed by atoms with Crippen LogP contribution in [0.25, 0.3) is 87.6 Å². The summed E-state index contributed by atoms with van der Waals surface area (Å²) in [7, 11) is 0. The van der Waals surface area contributed by atoms with Gasteiger partial charge in [0.2, 0.25) is 0 Å². The van der Waals surface area contributed by atoms with E-state index in [0.717, 1.165) is 44.4 Å². The second-order valence-electron chi connectivity index (χ2n) is 11.6. The molecule has 0 N–H and O–H groups in total. The maximum atomic E-state index is 6.52. The summed E-state index contributed by atoms with van der Waals surface area (Å²) in [5.41, 5.74) is 8.95. The van der Waals surface area contributed by atoms with E-state index < -0.39 is 0 Å². The molecule has 0 atom stereocenters. The van der Waals surface area contributed by atoms with E-state index >= 15 is 0 Å². The van der Waals surface area contributed by atoms with Crippen molar-refractivity contribution in [2.45, 2.75) is 0 Å². The average Bonchev–Trinajstić information content (AvgIpc) is 3.48. The van der Waals surface area contributed by atoms with Gasteiger partial charge in [0.15, 0.2) is 0 Å². The summed E-state index contributed by atoms with van der Waals surface area (Å²) >= 11 is 0. The topological polar surface area (TPSA) is 22.4 Å². The summed E-state index contributed by atoms with van der Waals surface area (Å²) in [6, 6.07) is 51.9. The Balaban J connectivity index is 1.19. The lowest BCUT2D eigenvalue weighted by Gasteiger charge is -2.22. The Morgan fingerprint density at radius 2 is 1.07 bits per heavy atom. The summed E-state index contributed by atoms with van der Waals surface area (Å²) in [5.74, 6) is 1.81. The van der Waals surface area contributed by atoms with Crippen LogP contribution in [-0.2, 0) is 0 Å². The number of furan rings is 1. The van der Waals surface area contributed by atoms with E-state index in [1.165, 1.54) is 54.7 Å². The predicted octanol–water partition coefficient (Wildman–Crippen LogP) is 12.2. The monoisotopic (exact) mass is 560 g/mol. The molecule has 9 aromatic rings. The first kappa shape index (κ1) is 23.7. The minimum Gasteiger partial charge on any atom is -0.456 e. The molecule has 8 aromatic carbocycles. The zero-order valence-electron chi connectivity index (χ0n) is 23.7. The number of rotatable bonds is 2. The number of ether oxygens (including phenoxy) is 1. The van der Waals surface area contributed by atoms with E-state index in [-0.39, 0.29) is 0 Å².